The molecule has 4 rings (SSSR count). The molecule has 1 aliphatic rings. The van der Waals surface area contributed by atoms with Crippen LogP contribution in [0.25, 0.3) is 5.82 Å². The van der Waals surface area contributed by atoms with Crippen molar-refractivity contribution in [1.82, 2.24) is 34.6 Å². The van der Waals surface area contributed by atoms with Crippen molar-refractivity contribution in [1.29, 1.82) is 0 Å². The highest BCUT2D eigenvalue weighted by Crippen LogP contribution is 2.19. The summed E-state index contributed by atoms with van der Waals surface area (Å²) in [6, 6.07) is 5.71. The van der Waals surface area contributed by atoms with E-state index in [4.69, 9.17) is 0 Å². The molecule has 0 atom stereocenters. The number of aromatic nitrogens is 6. The highest BCUT2D eigenvalue weighted by molar-refractivity contribution is 8.00. The van der Waals surface area contributed by atoms with Gasteiger partial charge in [0, 0.05) is 49.5 Å². The molecule has 1 aliphatic heterocycles. The fourth-order valence-corrected chi connectivity index (χ4v) is 3.60. The molecule has 9 nitrogen and oxygen atoms in total. The summed E-state index contributed by atoms with van der Waals surface area (Å²) in [5.41, 5.74) is 0. The Hall–Kier alpha value is -3.01. The van der Waals surface area contributed by atoms with E-state index in [1.54, 1.807) is 23.4 Å². The first-order chi connectivity index (χ1) is 13.3. The lowest BCUT2D eigenvalue weighted by atomic mass is 10.3. The summed E-state index contributed by atoms with van der Waals surface area (Å²) >= 11 is 1.54. The maximum absolute atomic E-state index is 12.5. The molecule has 0 unspecified atom stereocenters. The number of rotatable bonds is 5. The van der Waals surface area contributed by atoms with E-state index in [1.807, 2.05) is 23.1 Å². The van der Waals surface area contributed by atoms with Gasteiger partial charge < -0.3 is 9.80 Å². The number of amides is 1. The van der Waals surface area contributed by atoms with Gasteiger partial charge in [-0.1, -0.05) is 0 Å². The number of anilines is 1. The van der Waals surface area contributed by atoms with Gasteiger partial charge in [-0.15, -0.1) is 11.8 Å². The third-order valence-electron chi connectivity index (χ3n) is 4.26. The van der Waals surface area contributed by atoms with Gasteiger partial charge in [-0.3, -0.25) is 9.78 Å². The van der Waals surface area contributed by atoms with E-state index in [1.165, 1.54) is 24.4 Å². The molecule has 3 aromatic rings. The van der Waals surface area contributed by atoms with Crippen LogP contribution < -0.4 is 4.90 Å². The van der Waals surface area contributed by atoms with Gasteiger partial charge in [-0.05, 0) is 12.1 Å². The summed E-state index contributed by atoms with van der Waals surface area (Å²) in [6.45, 7) is 2.83. The average Bonchev–Trinajstić information content (AvgIpc) is 3.28. The van der Waals surface area contributed by atoms with E-state index in [0.717, 1.165) is 23.8 Å². The Morgan fingerprint density at radius 1 is 1.00 bits per heavy atom. The monoisotopic (exact) mass is 382 g/mol. The number of thioether (sulfide) groups is 1. The standard InChI is InChI=1S/C17H18N8OS/c26-17(10-27-14-1-3-18-4-2-14)24-7-5-23(6-8-24)15-9-16(21-12-20-15)25-13-19-11-22-25/h1-4,9,11-13H,5-8,10H2. The maximum atomic E-state index is 12.5. The first-order valence-electron chi connectivity index (χ1n) is 8.52. The zero-order chi connectivity index (χ0) is 18.5. The summed E-state index contributed by atoms with van der Waals surface area (Å²) < 4.78 is 1.60. The quantitative estimate of drug-likeness (QED) is 0.601. The zero-order valence-corrected chi connectivity index (χ0v) is 15.4. The lowest BCUT2D eigenvalue weighted by Gasteiger charge is -2.35. The molecule has 1 amide bonds. The van der Waals surface area contributed by atoms with Crippen molar-refractivity contribution in [2.45, 2.75) is 4.90 Å². The van der Waals surface area contributed by atoms with Gasteiger partial charge in [0.2, 0.25) is 5.91 Å². The van der Waals surface area contributed by atoms with Crippen molar-refractivity contribution in [2.24, 2.45) is 0 Å². The molecule has 0 N–H and O–H groups in total. The zero-order valence-electron chi connectivity index (χ0n) is 14.5. The highest BCUT2D eigenvalue weighted by atomic mass is 32.2. The highest BCUT2D eigenvalue weighted by Gasteiger charge is 2.22. The average molecular weight is 382 g/mol. The van der Waals surface area contributed by atoms with Crippen LogP contribution in [0, 0.1) is 0 Å². The number of carbonyl (C=O) groups is 1. The van der Waals surface area contributed by atoms with Crippen molar-refractivity contribution < 1.29 is 4.79 Å². The third kappa shape index (κ3) is 4.22. The van der Waals surface area contributed by atoms with E-state index in [0.29, 0.717) is 24.7 Å². The lowest BCUT2D eigenvalue weighted by Crippen LogP contribution is -2.49. The lowest BCUT2D eigenvalue weighted by molar-refractivity contribution is -0.128. The van der Waals surface area contributed by atoms with E-state index in [-0.39, 0.29) is 5.91 Å². The summed E-state index contributed by atoms with van der Waals surface area (Å²) in [6.07, 6.45) is 8.07. The molecule has 27 heavy (non-hydrogen) atoms. The van der Waals surface area contributed by atoms with Crippen LogP contribution in [0.2, 0.25) is 0 Å². The molecule has 4 heterocycles. The van der Waals surface area contributed by atoms with Crippen molar-refractivity contribution in [3.05, 3.63) is 49.6 Å². The molecule has 0 spiro atoms. The Bertz CT molecular complexity index is 881. The Morgan fingerprint density at radius 3 is 2.52 bits per heavy atom. The minimum absolute atomic E-state index is 0.155. The number of pyridine rings is 1. The van der Waals surface area contributed by atoms with Crippen LogP contribution >= 0.6 is 11.8 Å². The second-order valence-electron chi connectivity index (χ2n) is 5.91. The van der Waals surface area contributed by atoms with E-state index >= 15 is 0 Å². The van der Waals surface area contributed by atoms with Crippen LogP contribution in [0.4, 0.5) is 5.82 Å². The van der Waals surface area contributed by atoms with Crippen molar-refractivity contribution in [2.75, 3.05) is 36.8 Å². The summed E-state index contributed by atoms with van der Waals surface area (Å²) in [4.78, 5) is 34.1. The fourth-order valence-electron chi connectivity index (χ4n) is 2.82. The smallest absolute Gasteiger partial charge is 0.233 e. The van der Waals surface area contributed by atoms with Crippen molar-refractivity contribution >= 4 is 23.5 Å². The fraction of sp³-hybridized carbons (Fsp3) is 0.294. The van der Waals surface area contributed by atoms with Crippen LogP contribution in [0.15, 0.2) is 54.5 Å². The van der Waals surface area contributed by atoms with Crippen LogP contribution in [0.5, 0.6) is 0 Å². The summed E-state index contributed by atoms with van der Waals surface area (Å²) in [5, 5.41) is 4.09. The number of carbonyl (C=O) groups excluding carboxylic acids is 1. The predicted octanol–water partition coefficient (Wildman–Crippen LogP) is 0.893. The Kier molecular flexibility index (Phi) is 5.24. The van der Waals surface area contributed by atoms with Crippen molar-refractivity contribution in [3.8, 4) is 5.82 Å². The van der Waals surface area contributed by atoms with Gasteiger partial charge in [-0.2, -0.15) is 5.10 Å². The molecule has 3 aromatic heterocycles. The van der Waals surface area contributed by atoms with Gasteiger partial charge in [0.15, 0.2) is 5.82 Å². The van der Waals surface area contributed by atoms with Gasteiger partial charge in [-0.25, -0.2) is 19.6 Å². The first kappa shape index (κ1) is 17.4. The van der Waals surface area contributed by atoms with Gasteiger partial charge in [0.1, 0.15) is 24.8 Å². The minimum atomic E-state index is 0.155. The molecule has 0 bridgehead atoms. The maximum Gasteiger partial charge on any atom is 0.233 e. The van der Waals surface area contributed by atoms with Gasteiger partial charge >= 0.3 is 0 Å². The van der Waals surface area contributed by atoms with Crippen LogP contribution in [0.1, 0.15) is 0 Å². The molecule has 0 aliphatic carbocycles. The van der Waals surface area contributed by atoms with E-state index in [2.05, 4.69) is 29.9 Å². The Balaban J connectivity index is 1.32. The topological polar surface area (TPSA) is 92.9 Å². The number of nitrogens with zero attached hydrogens (tertiary/aromatic N) is 8. The second-order valence-corrected chi connectivity index (χ2v) is 6.96. The van der Waals surface area contributed by atoms with Crippen LogP contribution in [-0.2, 0) is 4.79 Å². The van der Waals surface area contributed by atoms with Gasteiger partial charge in [0.25, 0.3) is 0 Å². The molecule has 1 fully saturated rings. The number of piperazine rings is 1. The molecule has 0 saturated carbocycles. The third-order valence-corrected chi connectivity index (χ3v) is 5.26. The van der Waals surface area contributed by atoms with Crippen LogP contribution in [0.3, 0.4) is 0 Å². The van der Waals surface area contributed by atoms with E-state index < -0.39 is 0 Å². The molecule has 10 heteroatoms. The molecular formula is C17H18N8OS. The van der Waals surface area contributed by atoms with E-state index in [9.17, 15) is 4.79 Å². The van der Waals surface area contributed by atoms with Crippen molar-refractivity contribution in [3.63, 3.8) is 0 Å². The Morgan fingerprint density at radius 2 is 1.78 bits per heavy atom. The molecule has 1 saturated heterocycles. The Labute approximate surface area is 160 Å². The first-order valence-corrected chi connectivity index (χ1v) is 9.51. The predicted molar refractivity (Wildman–Crippen MR) is 101 cm³/mol. The summed E-state index contributed by atoms with van der Waals surface area (Å²) in [5.74, 6) is 2.09. The number of hydrogen-bond acceptors (Lipinski definition) is 8. The summed E-state index contributed by atoms with van der Waals surface area (Å²) in [7, 11) is 0. The number of hydrogen-bond donors (Lipinski definition) is 0. The van der Waals surface area contributed by atoms with Gasteiger partial charge in [0.05, 0.1) is 5.75 Å². The largest absolute Gasteiger partial charge is 0.353 e. The normalized spacial score (nSPS) is 14.4. The second kappa shape index (κ2) is 8.12. The minimum Gasteiger partial charge on any atom is -0.353 e. The molecular weight excluding hydrogens is 364 g/mol. The molecule has 0 aromatic carbocycles. The molecule has 138 valence electrons. The SMILES string of the molecule is O=C(CSc1ccncc1)N1CCN(c2cc(-n3cncn3)ncn2)CC1. The van der Waals surface area contributed by atoms with Crippen LogP contribution in [-0.4, -0.2) is 72.5 Å². The molecule has 0 radical (unpaired) electrons.